The van der Waals surface area contributed by atoms with Crippen LogP contribution in [0.1, 0.15) is 27.8 Å². The van der Waals surface area contributed by atoms with Crippen molar-refractivity contribution in [1.29, 1.82) is 0 Å². The molecule has 9 heteroatoms. The van der Waals surface area contributed by atoms with Crippen molar-refractivity contribution in [2.75, 3.05) is 17.7 Å². The van der Waals surface area contributed by atoms with Crippen molar-refractivity contribution < 1.29 is 19.2 Å². The Balaban J connectivity index is 2.30. The maximum Gasteiger partial charge on any atom is 0.355 e. The fraction of sp³-hybridized carbons (Fsp3) is 0.200. The summed E-state index contributed by atoms with van der Waals surface area (Å²) in [5.41, 5.74) is 5.59. The lowest BCUT2D eigenvalue weighted by Gasteiger charge is -2.06. The molecule has 0 aliphatic heterocycles. The number of anilines is 2. The SMILES string of the molecule is CCOC(=O)c1cc(NC(=O)c2c(N)cccc2[N+](=O)[O-])cn1C. The number of carbonyl (C=O) groups excluding carboxylic acids is 2. The highest BCUT2D eigenvalue weighted by Gasteiger charge is 2.24. The molecule has 0 radical (unpaired) electrons. The van der Waals surface area contributed by atoms with Crippen LogP contribution in [-0.4, -0.2) is 28.0 Å². The van der Waals surface area contributed by atoms with Gasteiger partial charge in [-0.15, -0.1) is 0 Å². The zero-order valence-electron chi connectivity index (χ0n) is 13.1. The fourth-order valence-electron chi connectivity index (χ4n) is 2.19. The molecule has 0 fully saturated rings. The maximum atomic E-state index is 12.4. The normalized spacial score (nSPS) is 10.2. The number of nitro groups is 1. The second-order valence-electron chi connectivity index (χ2n) is 4.90. The molecule has 2 aromatic rings. The molecule has 0 atom stereocenters. The molecule has 0 aliphatic carbocycles. The number of ether oxygens (including phenoxy) is 1. The van der Waals surface area contributed by atoms with E-state index in [2.05, 4.69) is 5.32 Å². The van der Waals surface area contributed by atoms with Crippen LogP contribution in [0.3, 0.4) is 0 Å². The van der Waals surface area contributed by atoms with Gasteiger partial charge in [-0.05, 0) is 19.1 Å². The van der Waals surface area contributed by atoms with E-state index in [4.69, 9.17) is 10.5 Å². The van der Waals surface area contributed by atoms with Crippen LogP contribution in [0.25, 0.3) is 0 Å². The summed E-state index contributed by atoms with van der Waals surface area (Å²) >= 11 is 0. The molecule has 1 aromatic heterocycles. The minimum Gasteiger partial charge on any atom is -0.461 e. The monoisotopic (exact) mass is 332 g/mol. The van der Waals surface area contributed by atoms with Gasteiger partial charge >= 0.3 is 5.97 Å². The molecular formula is C15H16N4O5. The summed E-state index contributed by atoms with van der Waals surface area (Å²) in [5, 5.41) is 13.6. The zero-order chi connectivity index (χ0) is 17.9. The topological polar surface area (TPSA) is 129 Å². The molecule has 0 saturated carbocycles. The third-order valence-electron chi connectivity index (χ3n) is 3.25. The van der Waals surface area contributed by atoms with Crippen LogP contribution in [0, 0.1) is 10.1 Å². The number of nitro benzene ring substituents is 1. The first kappa shape index (κ1) is 17.0. The highest BCUT2D eigenvalue weighted by atomic mass is 16.6. The van der Waals surface area contributed by atoms with E-state index in [0.717, 1.165) is 0 Å². The summed E-state index contributed by atoms with van der Waals surface area (Å²) in [7, 11) is 1.61. The average molecular weight is 332 g/mol. The number of esters is 1. The molecule has 0 bridgehead atoms. The van der Waals surface area contributed by atoms with Gasteiger partial charge in [0.1, 0.15) is 11.3 Å². The van der Waals surface area contributed by atoms with E-state index >= 15 is 0 Å². The Hall–Kier alpha value is -3.36. The van der Waals surface area contributed by atoms with Crippen LogP contribution in [0.15, 0.2) is 30.5 Å². The Morgan fingerprint density at radius 3 is 2.75 bits per heavy atom. The molecular weight excluding hydrogens is 316 g/mol. The van der Waals surface area contributed by atoms with Crippen molar-refractivity contribution >= 4 is 28.9 Å². The number of aromatic nitrogens is 1. The lowest BCUT2D eigenvalue weighted by molar-refractivity contribution is -0.385. The number of nitrogen functional groups attached to an aromatic ring is 1. The van der Waals surface area contributed by atoms with E-state index in [1.165, 1.54) is 35.0 Å². The number of rotatable bonds is 5. The van der Waals surface area contributed by atoms with E-state index in [1.54, 1.807) is 14.0 Å². The highest BCUT2D eigenvalue weighted by molar-refractivity contribution is 6.11. The van der Waals surface area contributed by atoms with Crippen LogP contribution >= 0.6 is 0 Å². The standard InChI is InChI=1S/C15H16N4O5/c1-3-24-15(21)12-7-9(8-18(12)2)17-14(20)13-10(16)5-4-6-11(13)19(22)23/h4-8H,3,16H2,1-2H3,(H,17,20). The van der Waals surface area contributed by atoms with E-state index in [-0.39, 0.29) is 23.6 Å². The van der Waals surface area contributed by atoms with Gasteiger partial charge in [-0.2, -0.15) is 0 Å². The minimum atomic E-state index is -0.735. The van der Waals surface area contributed by atoms with E-state index < -0.39 is 22.5 Å². The number of aryl methyl sites for hydroxylation is 1. The number of amides is 1. The maximum absolute atomic E-state index is 12.4. The molecule has 1 amide bonds. The predicted octanol–water partition coefficient (Wildman–Crippen LogP) is 1.94. The quantitative estimate of drug-likeness (QED) is 0.372. The highest BCUT2D eigenvalue weighted by Crippen LogP contribution is 2.25. The largest absolute Gasteiger partial charge is 0.461 e. The van der Waals surface area contributed by atoms with E-state index in [1.807, 2.05) is 0 Å². The number of benzene rings is 1. The van der Waals surface area contributed by atoms with E-state index in [0.29, 0.717) is 5.69 Å². The summed E-state index contributed by atoms with van der Waals surface area (Å²) < 4.78 is 6.38. The van der Waals surface area contributed by atoms with Crippen molar-refractivity contribution in [3.05, 3.63) is 51.8 Å². The summed E-state index contributed by atoms with van der Waals surface area (Å²) in [5.74, 6) is -1.27. The molecule has 1 aromatic carbocycles. The van der Waals surface area contributed by atoms with Gasteiger partial charge < -0.3 is 20.4 Å². The summed E-state index contributed by atoms with van der Waals surface area (Å²) in [6, 6.07) is 5.41. The first-order valence-electron chi connectivity index (χ1n) is 7.02. The second-order valence-corrected chi connectivity index (χ2v) is 4.90. The molecule has 126 valence electrons. The Kier molecular flexibility index (Phi) is 4.83. The number of hydrogen-bond acceptors (Lipinski definition) is 6. The first-order chi connectivity index (χ1) is 11.3. The molecule has 0 unspecified atom stereocenters. The molecule has 2 rings (SSSR count). The second kappa shape index (κ2) is 6.82. The fourth-order valence-corrected chi connectivity index (χ4v) is 2.19. The molecule has 0 saturated heterocycles. The average Bonchev–Trinajstić information content (AvgIpc) is 2.87. The van der Waals surface area contributed by atoms with Gasteiger partial charge in [0.25, 0.3) is 11.6 Å². The Morgan fingerprint density at radius 2 is 2.12 bits per heavy atom. The van der Waals surface area contributed by atoms with Gasteiger partial charge in [0.15, 0.2) is 0 Å². The zero-order valence-corrected chi connectivity index (χ0v) is 13.1. The van der Waals surface area contributed by atoms with Gasteiger partial charge in [0, 0.05) is 19.3 Å². The summed E-state index contributed by atoms with van der Waals surface area (Å²) in [6.07, 6.45) is 1.50. The minimum absolute atomic E-state index is 0.0109. The molecule has 24 heavy (non-hydrogen) atoms. The number of carbonyl (C=O) groups is 2. The number of nitrogens with zero attached hydrogens (tertiary/aromatic N) is 2. The first-order valence-corrected chi connectivity index (χ1v) is 7.02. The van der Waals surface area contributed by atoms with Crippen LogP contribution < -0.4 is 11.1 Å². The van der Waals surface area contributed by atoms with Crippen LogP contribution in [0.2, 0.25) is 0 Å². The van der Waals surface area contributed by atoms with Crippen molar-refractivity contribution in [3.63, 3.8) is 0 Å². The molecule has 3 N–H and O–H groups in total. The molecule has 0 spiro atoms. The van der Waals surface area contributed by atoms with Gasteiger partial charge in [-0.1, -0.05) is 6.07 Å². The Morgan fingerprint density at radius 1 is 1.42 bits per heavy atom. The van der Waals surface area contributed by atoms with Gasteiger partial charge in [0.2, 0.25) is 0 Å². The third-order valence-corrected chi connectivity index (χ3v) is 3.25. The van der Waals surface area contributed by atoms with Crippen molar-refractivity contribution in [3.8, 4) is 0 Å². The van der Waals surface area contributed by atoms with Crippen LogP contribution in [0.4, 0.5) is 17.1 Å². The number of nitrogens with one attached hydrogen (secondary N) is 1. The lowest BCUT2D eigenvalue weighted by atomic mass is 10.1. The van der Waals surface area contributed by atoms with Crippen LogP contribution in [0.5, 0.6) is 0 Å². The van der Waals surface area contributed by atoms with E-state index in [9.17, 15) is 19.7 Å². The molecule has 1 heterocycles. The van der Waals surface area contributed by atoms with Crippen LogP contribution in [-0.2, 0) is 11.8 Å². The van der Waals surface area contributed by atoms with Crippen molar-refractivity contribution in [1.82, 2.24) is 4.57 Å². The summed E-state index contributed by atoms with van der Waals surface area (Å²) in [6.45, 7) is 1.90. The number of nitrogens with two attached hydrogens (primary N) is 1. The van der Waals surface area contributed by atoms with Crippen molar-refractivity contribution in [2.24, 2.45) is 7.05 Å². The Bertz CT molecular complexity index is 812. The smallest absolute Gasteiger partial charge is 0.355 e. The molecule has 9 nitrogen and oxygen atoms in total. The number of hydrogen-bond donors (Lipinski definition) is 2. The molecule has 0 aliphatic rings. The van der Waals surface area contributed by atoms with Gasteiger partial charge in [-0.25, -0.2) is 4.79 Å². The van der Waals surface area contributed by atoms with Crippen molar-refractivity contribution in [2.45, 2.75) is 6.92 Å². The lowest BCUT2D eigenvalue weighted by Crippen LogP contribution is -2.15. The summed E-state index contributed by atoms with van der Waals surface area (Å²) in [4.78, 5) is 34.5. The van der Waals surface area contributed by atoms with Gasteiger partial charge in [0.05, 0.1) is 22.9 Å². The third kappa shape index (κ3) is 3.35. The predicted molar refractivity (Wildman–Crippen MR) is 86.8 cm³/mol. The van der Waals surface area contributed by atoms with Gasteiger partial charge in [-0.3, -0.25) is 14.9 Å². The Labute approximate surface area is 137 Å².